The van der Waals surface area contributed by atoms with Crippen LogP contribution < -0.4 is 0 Å². The summed E-state index contributed by atoms with van der Waals surface area (Å²) in [6.07, 6.45) is 0. The molecule has 1 heterocycles. The Balaban J connectivity index is 1.63. The van der Waals surface area contributed by atoms with Crippen molar-refractivity contribution < 1.29 is 12.8 Å². The maximum absolute atomic E-state index is 13.3. The third-order valence-corrected chi connectivity index (χ3v) is 6.72. The van der Waals surface area contributed by atoms with Gasteiger partial charge in [-0.15, -0.1) is 0 Å². The van der Waals surface area contributed by atoms with E-state index in [1.165, 1.54) is 12.1 Å². The van der Waals surface area contributed by atoms with E-state index in [-0.39, 0.29) is 5.82 Å². The summed E-state index contributed by atoms with van der Waals surface area (Å²) in [6.45, 7) is 6.98. The van der Waals surface area contributed by atoms with Gasteiger partial charge in [-0.05, 0) is 41.3 Å². The number of benzene rings is 2. The Kier molecular flexibility index (Phi) is 5.75. The summed E-state index contributed by atoms with van der Waals surface area (Å²) >= 11 is 0. The molecule has 0 spiro atoms. The zero-order valence-corrected chi connectivity index (χ0v) is 16.0. The number of rotatable bonds is 5. The molecule has 140 valence electrons. The SMILES string of the molecule is CC(C)c1ccc(S(=O)(=O)N2CCN(Cc3cccc(F)c3)CC2)cc1. The second-order valence-corrected chi connectivity index (χ2v) is 8.97. The van der Waals surface area contributed by atoms with Crippen molar-refractivity contribution in [1.29, 1.82) is 0 Å². The molecule has 1 fully saturated rings. The minimum absolute atomic E-state index is 0.242. The molecular formula is C20H25FN2O2S. The first-order chi connectivity index (χ1) is 12.4. The smallest absolute Gasteiger partial charge is 0.243 e. The molecule has 26 heavy (non-hydrogen) atoms. The van der Waals surface area contributed by atoms with Gasteiger partial charge in [0.05, 0.1) is 4.90 Å². The van der Waals surface area contributed by atoms with Crippen LogP contribution in [0, 0.1) is 5.82 Å². The lowest BCUT2D eigenvalue weighted by molar-refractivity contribution is 0.181. The maximum Gasteiger partial charge on any atom is 0.243 e. The second-order valence-electron chi connectivity index (χ2n) is 7.03. The van der Waals surface area contributed by atoms with Gasteiger partial charge in [-0.3, -0.25) is 4.90 Å². The quantitative estimate of drug-likeness (QED) is 0.802. The summed E-state index contributed by atoms with van der Waals surface area (Å²) in [5, 5.41) is 0. The van der Waals surface area contributed by atoms with Crippen molar-refractivity contribution in [2.45, 2.75) is 31.2 Å². The predicted molar refractivity (Wildman–Crippen MR) is 101 cm³/mol. The summed E-state index contributed by atoms with van der Waals surface area (Å²) in [7, 11) is -3.46. The Hall–Kier alpha value is -1.76. The van der Waals surface area contributed by atoms with Gasteiger partial charge in [0.15, 0.2) is 0 Å². The van der Waals surface area contributed by atoms with E-state index < -0.39 is 10.0 Å². The van der Waals surface area contributed by atoms with Crippen LogP contribution in [0.1, 0.15) is 30.9 Å². The van der Waals surface area contributed by atoms with E-state index in [2.05, 4.69) is 18.7 Å². The summed E-state index contributed by atoms with van der Waals surface area (Å²) in [5.74, 6) is 0.131. The Morgan fingerprint density at radius 1 is 1.00 bits per heavy atom. The van der Waals surface area contributed by atoms with Gasteiger partial charge in [0.25, 0.3) is 0 Å². The molecule has 0 N–H and O–H groups in total. The van der Waals surface area contributed by atoms with Crippen molar-refractivity contribution in [1.82, 2.24) is 9.21 Å². The lowest BCUT2D eigenvalue weighted by Gasteiger charge is -2.34. The highest BCUT2D eigenvalue weighted by atomic mass is 32.2. The Labute approximate surface area is 155 Å². The first-order valence-corrected chi connectivity index (χ1v) is 10.4. The fourth-order valence-corrected chi connectivity index (χ4v) is 4.62. The number of hydrogen-bond acceptors (Lipinski definition) is 3. The van der Waals surface area contributed by atoms with Gasteiger partial charge in [0.1, 0.15) is 5.82 Å². The number of sulfonamides is 1. The molecule has 4 nitrogen and oxygen atoms in total. The van der Waals surface area contributed by atoms with Gasteiger partial charge in [0.2, 0.25) is 10.0 Å². The van der Waals surface area contributed by atoms with Crippen molar-refractivity contribution in [2.75, 3.05) is 26.2 Å². The standard InChI is InChI=1S/C20H25FN2O2S/c1-16(2)18-6-8-20(9-7-18)26(24,25)23-12-10-22(11-13-23)15-17-4-3-5-19(21)14-17/h3-9,14,16H,10-13,15H2,1-2H3. The van der Waals surface area contributed by atoms with Crippen LogP contribution in [0.4, 0.5) is 4.39 Å². The van der Waals surface area contributed by atoms with E-state index in [4.69, 9.17) is 0 Å². The molecule has 0 atom stereocenters. The molecule has 2 aromatic rings. The Bertz CT molecular complexity index is 842. The van der Waals surface area contributed by atoms with Crippen LogP contribution in [0.3, 0.4) is 0 Å². The summed E-state index contributed by atoms with van der Waals surface area (Å²) < 4.78 is 40.5. The third-order valence-electron chi connectivity index (χ3n) is 4.81. The van der Waals surface area contributed by atoms with Crippen LogP contribution in [-0.4, -0.2) is 43.8 Å². The fourth-order valence-electron chi connectivity index (χ4n) is 3.20. The van der Waals surface area contributed by atoms with E-state index in [1.54, 1.807) is 22.5 Å². The lowest BCUT2D eigenvalue weighted by atomic mass is 10.0. The third kappa shape index (κ3) is 4.31. The van der Waals surface area contributed by atoms with E-state index in [0.717, 1.165) is 11.1 Å². The molecule has 2 aromatic carbocycles. The van der Waals surface area contributed by atoms with Gasteiger partial charge < -0.3 is 0 Å². The summed E-state index contributed by atoms with van der Waals surface area (Å²) in [5.41, 5.74) is 2.04. The molecular weight excluding hydrogens is 351 g/mol. The molecule has 6 heteroatoms. The van der Waals surface area contributed by atoms with Crippen LogP contribution in [-0.2, 0) is 16.6 Å². The monoisotopic (exact) mass is 376 g/mol. The molecule has 0 aromatic heterocycles. The highest BCUT2D eigenvalue weighted by Gasteiger charge is 2.28. The largest absolute Gasteiger partial charge is 0.296 e. The first kappa shape index (κ1) is 19.0. The van der Waals surface area contributed by atoms with Gasteiger partial charge >= 0.3 is 0 Å². The molecule has 1 aliphatic heterocycles. The fraction of sp³-hybridized carbons (Fsp3) is 0.400. The molecule has 0 amide bonds. The minimum Gasteiger partial charge on any atom is -0.296 e. The number of hydrogen-bond donors (Lipinski definition) is 0. The van der Waals surface area contributed by atoms with Gasteiger partial charge in [-0.1, -0.05) is 38.1 Å². The minimum atomic E-state index is -3.46. The van der Waals surface area contributed by atoms with Crippen molar-refractivity contribution in [3.63, 3.8) is 0 Å². The van der Waals surface area contributed by atoms with Crippen molar-refractivity contribution in [3.8, 4) is 0 Å². The van der Waals surface area contributed by atoms with E-state index >= 15 is 0 Å². The molecule has 0 aliphatic carbocycles. The van der Waals surface area contributed by atoms with E-state index in [0.29, 0.717) is 43.5 Å². The molecule has 0 saturated carbocycles. The topological polar surface area (TPSA) is 40.6 Å². The number of piperazine rings is 1. The zero-order valence-electron chi connectivity index (χ0n) is 15.2. The van der Waals surface area contributed by atoms with Crippen LogP contribution in [0.25, 0.3) is 0 Å². The van der Waals surface area contributed by atoms with Crippen LogP contribution in [0.15, 0.2) is 53.4 Å². The summed E-state index contributed by atoms with van der Waals surface area (Å²) in [4.78, 5) is 2.50. The van der Waals surface area contributed by atoms with Crippen molar-refractivity contribution >= 4 is 10.0 Å². The average molecular weight is 376 g/mol. The number of halogens is 1. The number of nitrogens with zero attached hydrogens (tertiary/aromatic N) is 2. The predicted octanol–water partition coefficient (Wildman–Crippen LogP) is 3.46. The van der Waals surface area contributed by atoms with E-state index in [9.17, 15) is 12.8 Å². The average Bonchev–Trinajstić information content (AvgIpc) is 2.62. The highest BCUT2D eigenvalue weighted by Crippen LogP contribution is 2.21. The van der Waals surface area contributed by atoms with Crippen molar-refractivity contribution in [2.24, 2.45) is 0 Å². The zero-order chi connectivity index (χ0) is 18.7. The van der Waals surface area contributed by atoms with Crippen LogP contribution in [0.2, 0.25) is 0 Å². The van der Waals surface area contributed by atoms with Crippen molar-refractivity contribution in [3.05, 3.63) is 65.5 Å². The molecule has 1 saturated heterocycles. The lowest BCUT2D eigenvalue weighted by Crippen LogP contribution is -2.48. The maximum atomic E-state index is 13.3. The summed E-state index contributed by atoms with van der Waals surface area (Å²) in [6, 6.07) is 13.7. The van der Waals surface area contributed by atoms with E-state index in [1.807, 2.05) is 18.2 Å². The Morgan fingerprint density at radius 2 is 1.65 bits per heavy atom. The molecule has 0 unspecified atom stereocenters. The molecule has 0 bridgehead atoms. The van der Waals surface area contributed by atoms with Gasteiger partial charge in [-0.2, -0.15) is 4.31 Å². The molecule has 0 radical (unpaired) electrons. The molecule has 1 aliphatic rings. The normalized spacial score (nSPS) is 16.9. The first-order valence-electron chi connectivity index (χ1n) is 8.93. The van der Waals surface area contributed by atoms with Crippen LogP contribution >= 0.6 is 0 Å². The molecule has 3 rings (SSSR count). The van der Waals surface area contributed by atoms with Crippen LogP contribution in [0.5, 0.6) is 0 Å². The Morgan fingerprint density at radius 3 is 2.23 bits per heavy atom. The van der Waals surface area contributed by atoms with Gasteiger partial charge in [0, 0.05) is 32.7 Å². The highest BCUT2D eigenvalue weighted by molar-refractivity contribution is 7.89. The van der Waals surface area contributed by atoms with Gasteiger partial charge in [-0.25, -0.2) is 12.8 Å². The second kappa shape index (κ2) is 7.86.